The van der Waals surface area contributed by atoms with Crippen molar-refractivity contribution in [1.82, 2.24) is 0 Å². The van der Waals surface area contributed by atoms with Crippen LogP contribution < -0.4 is 0 Å². The predicted octanol–water partition coefficient (Wildman–Crippen LogP) is 5.03. The molecule has 0 unspecified atom stereocenters. The third kappa shape index (κ3) is 3.36. The van der Waals surface area contributed by atoms with E-state index in [1.165, 1.54) is 6.07 Å². The second-order valence-corrected chi connectivity index (χ2v) is 4.99. The van der Waals surface area contributed by atoms with Gasteiger partial charge >= 0.3 is 12.1 Å². The highest BCUT2D eigenvalue weighted by Gasteiger charge is 2.32. The van der Waals surface area contributed by atoms with Crippen LogP contribution in [0.5, 0.6) is 0 Å². The molecule has 2 rings (SSSR count). The Hall–Kier alpha value is -2.01. The average molecular weight is 315 g/mol. The molecule has 0 amide bonds. The number of rotatable bonds is 2. The largest absolute Gasteiger partial charge is 0.478 e. The second-order valence-electron chi connectivity index (χ2n) is 4.59. The van der Waals surface area contributed by atoms with Gasteiger partial charge in [-0.2, -0.15) is 13.2 Å². The van der Waals surface area contributed by atoms with Gasteiger partial charge in [0.15, 0.2) is 0 Å². The fourth-order valence-electron chi connectivity index (χ4n) is 1.92. The zero-order chi connectivity index (χ0) is 15.8. The second kappa shape index (κ2) is 5.41. The van der Waals surface area contributed by atoms with E-state index in [9.17, 15) is 18.0 Å². The summed E-state index contributed by atoms with van der Waals surface area (Å²) in [6, 6.07) is 7.54. The molecule has 0 bridgehead atoms. The first-order valence-electron chi connectivity index (χ1n) is 5.90. The maximum absolute atomic E-state index is 12.9. The lowest BCUT2D eigenvalue weighted by atomic mass is 9.98. The topological polar surface area (TPSA) is 37.3 Å². The summed E-state index contributed by atoms with van der Waals surface area (Å²) in [7, 11) is 0. The molecular formula is C15H10ClF3O2. The van der Waals surface area contributed by atoms with Crippen LogP contribution in [-0.2, 0) is 6.18 Å². The van der Waals surface area contributed by atoms with Crippen LogP contribution in [0.25, 0.3) is 11.1 Å². The molecule has 0 saturated carbocycles. The van der Waals surface area contributed by atoms with Crippen molar-refractivity contribution in [2.24, 2.45) is 0 Å². The standard InChI is InChI=1S/C15H10ClF3O2/c1-8-2-3-12(13(16)4-8)9-5-10(14(20)21)7-11(6-9)15(17,18)19/h2-7H,1H3,(H,20,21). The molecule has 0 atom stereocenters. The zero-order valence-corrected chi connectivity index (χ0v) is 11.6. The van der Waals surface area contributed by atoms with Crippen LogP contribution in [0.4, 0.5) is 13.2 Å². The van der Waals surface area contributed by atoms with Crippen molar-refractivity contribution in [2.75, 3.05) is 0 Å². The van der Waals surface area contributed by atoms with Crippen LogP contribution >= 0.6 is 11.6 Å². The summed E-state index contributed by atoms with van der Waals surface area (Å²) >= 11 is 6.03. The maximum Gasteiger partial charge on any atom is 0.416 e. The summed E-state index contributed by atoms with van der Waals surface area (Å²) in [4.78, 5) is 11.0. The minimum absolute atomic E-state index is 0.118. The van der Waals surface area contributed by atoms with Gasteiger partial charge in [0.25, 0.3) is 0 Å². The Labute approximate surface area is 123 Å². The molecule has 110 valence electrons. The number of benzene rings is 2. The van der Waals surface area contributed by atoms with Gasteiger partial charge in [-0.25, -0.2) is 4.79 Å². The first-order chi connectivity index (χ1) is 9.68. The van der Waals surface area contributed by atoms with Crippen molar-refractivity contribution in [1.29, 1.82) is 0 Å². The van der Waals surface area contributed by atoms with E-state index in [0.717, 1.165) is 11.6 Å². The van der Waals surface area contributed by atoms with Crippen molar-refractivity contribution in [2.45, 2.75) is 13.1 Å². The molecule has 0 aliphatic rings. The molecule has 0 aliphatic carbocycles. The molecule has 0 radical (unpaired) electrons. The quantitative estimate of drug-likeness (QED) is 0.844. The molecule has 1 N–H and O–H groups in total. The molecule has 0 spiro atoms. The molecular weight excluding hydrogens is 305 g/mol. The molecule has 2 nitrogen and oxygen atoms in total. The number of hydrogen-bond acceptors (Lipinski definition) is 1. The van der Waals surface area contributed by atoms with E-state index in [1.807, 2.05) is 0 Å². The van der Waals surface area contributed by atoms with Crippen molar-refractivity contribution in [3.05, 3.63) is 58.1 Å². The molecule has 0 aromatic heterocycles. The van der Waals surface area contributed by atoms with Gasteiger partial charge in [0.2, 0.25) is 0 Å². The number of carboxylic acid groups (broad SMARTS) is 1. The minimum atomic E-state index is -4.63. The predicted molar refractivity (Wildman–Crippen MR) is 73.6 cm³/mol. The van der Waals surface area contributed by atoms with E-state index in [1.54, 1.807) is 25.1 Å². The first kappa shape index (κ1) is 15.4. The monoisotopic (exact) mass is 314 g/mol. The van der Waals surface area contributed by atoms with Crippen LogP contribution in [-0.4, -0.2) is 11.1 Å². The van der Waals surface area contributed by atoms with Gasteiger partial charge in [-0.3, -0.25) is 0 Å². The summed E-state index contributed by atoms with van der Waals surface area (Å²) in [5, 5.41) is 9.23. The highest BCUT2D eigenvalue weighted by Crippen LogP contribution is 2.35. The highest BCUT2D eigenvalue weighted by molar-refractivity contribution is 6.33. The average Bonchev–Trinajstić information content (AvgIpc) is 2.37. The number of carboxylic acids is 1. The van der Waals surface area contributed by atoms with Crippen molar-refractivity contribution in [3.63, 3.8) is 0 Å². The molecule has 0 heterocycles. The SMILES string of the molecule is Cc1ccc(-c2cc(C(=O)O)cc(C(F)(F)F)c2)c(Cl)c1. The number of aryl methyl sites for hydroxylation is 1. The number of halogens is 4. The van der Waals surface area contributed by atoms with Gasteiger partial charge in [-0.15, -0.1) is 0 Å². The summed E-state index contributed by atoms with van der Waals surface area (Å²) in [6.45, 7) is 1.80. The number of aromatic carboxylic acids is 1. The van der Waals surface area contributed by atoms with Crippen LogP contribution in [0.2, 0.25) is 5.02 Å². The van der Waals surface area contributed by atoms with Gasteiger partial charge in [-0.1, -0.05) is 23.7 Å². The van der Waals surface area contributed by atoms with Crippen LogP contribution in [0, 0.1) is 6.92 Å². The van der Waals surface area contributed by atoms with Crippen molar-refractivity contribution < 1.29 is 23.1 Å². The first-order valence-corrected chi connectivity index (χ1v) is 6.28. The number of hydrogen-bond donors (Lipinski definition) is 1. The Balaban J connectivity index is 2.68. The van der Waals surface area contributed by atoms with Gasteiger partial charge < -0.3 is 5.11 Å². The highest BCUT2D eigenvalue weighted by atomic mass is 35.5. The van der Waals surface area contributed by atoms with Gasteiger partial charge in [0.05, 0.1) is 11.1 Å². The Morgan fingerprint density at radius 2 is 1.81 bits per heavy atom. The summed E-state index contributed by atoms with van der Waals surface area (Å²) in [6.07, 6.45) is -4.63. The van der Waals surface area contributed by atoms with E-state index in [2.05, 4.69) is 0 Å². The third-order valence-electron chi connectivity index (χ3n) is 2.94. The van der Waals surface area contributed by atoms with Gasteiger partial charge in [0.1, 0.15) is 0 Å². The van der Waals surface area contributed by atoms with Gasteiger partial charge in [-0.05, 0) is 42.3 Å². The molecule has 2 aromatic carbocycles. The number of carbonyl (C=O) groups is 1. The lowest BCUT2D eigenvalue weighted by molar-refractivity contribution is -0.137. The van der Waals surface area contributed by atoms with E-state index in [-0.39, 0.29) is 10.6 Å². The fourth-order valence-corrected chi connectivity index (χ4v) is 2.27. The smallest absolute Gasteiger partial charge is 0.416 e. The normalized spacial score (nSPS) is 11.5. The Kier molecular flexibility index (Phi) is 3.96. The Morgan fingerprint density at radius 1 is 1.14 bits per heavy atom. The number of alkyl halides is 3. The van der Waals surface area contributed by atoms with E-state index in [4.69, 9.17) is 16.7 Å². The lowest BCUT2D eigenvalue weighted by Gasteiger charge is -2.12. The molecule has 21 heavy (non-hydrogen) atoms. The van der Waals surface area contributed by atoms with Gasteiger partial charge in [0, 0.05) is 10.6 Å². The van der Waals surface area contributed by atoms with E-state index in [0.29, 0.717) is 11.6 Å². The Bertz CT molecular complexity index is 709. The minimum Gasteiger partial charge on any atom is -0.478 e. The third-order valence-corrected chi connectivity index (χ3v) is 3.26. The summed E-state index contributed by atoms with van der Waals surface area (Å²) in [5.74, 6) is -1.43. The maximum atomic E-state index is 12.9. The molecule has 0 fully saturated rings. The summed E-state index contributed by atoms with van der Waals surface area (Å²) in [5.41, 5.74) is -0.122. The summed E-state index contributed by atoms with van der Waals surface area (Å²) < 4.78 is 38.6. The fraction of sp³-hybridized carbons (Fsp3) is 0.133. The van der Waals surface area contributed by atoms with E-state index < -0.39 is 23.3 Å². The molecule has 2 aromatic rings. The van der Waals surface area contributed by atoms with Crippen LogP contribution in [0.3, 0.4) is 0 Å². The Morgan fingerprint density at radius 3 is 2.33 bits per heavy atom. The van der Waals surface area contributed by atoms with Crippen molar-refractivity contribution in [3.8, 4) is 11.1 Å². The zero-order valence-electron chi connectivity index (χ0n) is 10.8. The van der Waals surface area contributed by atoms with Crippen molar-refractivity contribution >= 4 is 17.6 Å². The van der Waals surface area contributed by atoms with E-state index >= 15 is 0 Å². The molecule has 6 heteroatoms. The molecule has 0 aliphatic heterocycles. The molecule has 0 saturated heterocycles. The van der Waals surface area contributed by atoms with Crippen LogP contribution in [0.1, 0.15) is 21.5 Å². The van der Waals surface area contributed by atoms with Crippen LogP contribution in [0.15, 0.2) is 36.4 Å². The lowest BCUT2D eigenvalue weighted by Crippen LogP contribution is -2.08.